The highest BCUT2D eigenvalue weighted by atomic mass is 16.5. The van der Waals surface area contributed by atoms with Crippen LogP contribution in [0.2, 0.25) is 0 Å². The highest BCUT2D eigenvalue weighted by molar-refractivity contribution is 6.00. The van der Waals surface area contributed by atoms with Gasteiger partial charge in [-0.3, -0.25) is 0 Å². The minimum Gasteiger partial charge on any atom is -0.507 e. The van der Waals surface area contributed by atoms with Crippen LogP contribution in [0.15, 0.2) is 96.6 Å². The summed E-state index contributed by atoms with van der Waals surface area (Å²) in [5.74, 6) is 1.07. The Kier molecular flexibility index (Phi) is 4.61. The van der Waals surface area contributed by atoms with Crippen molar-refractivity contribution >= 4 is 11.6 Å². The van der Waals surface area contributed by atoms with Gasteiger partial charge in [-0.05, 0) is 28.7 Å². The first kappa shape index (κ1) is 18.3. The minimum absolute atomic E-state index is 0.281. The van der Waals surface area contributed by atoms with E-state index in [2.05, 4.69) is 42.5 Å². The summed E-state index contributed by atoms with van der Waals surface area (Å²) in [6.45, 7) is 0. The van der Waals surface area contributed by atoms with Crippen LogP contribution in [0.1, 0.15) is 17.5 Å². The quantitative estimate of drug-likeness (QED) is 0.520. The zero-order valence-corrected chi connectivity index (χ0v) is 16.8. The van der Waals surface area contributed by atoms with Gasteiger partial charge >= 0.3 is 0 Å². The highest BCUT2D eigenvalue weighted by Gasteiger charge is 2.28. The van der Waals surface area contributed by atoms with Crippen LogP contribution in [0.25, 0.3) is 33.9 Å². The molecule has 0 fully saturated rings. The van der Waals surface area contributed by atoms with E-state index < -0.39 is 0 Å². The van der Waals surface area contributed by atoms with Crippen molar-refractivity contribution in [1.82, 2.24) is 0 Å². The van der Waals surface area contributed by atoms with E-state index in [9.17, 15) is 5.11 Å². The first-order chi connectivity index (χ1) is 14.8. The van der Waals surface area contributed by atoms with Crippen molar-refractivity contribution < 1.29 is 9.84 Å². The van der Waals surface area contributed by atoms with E-state index in [1.54, 1.807) is 7.11 Å². The fraction of sp³-hybridized carbons (Fsp3) is 0.0714. The third kappa shape index (κ3) is 2.98. The Balaban J connectivity index is 1.94. The summed E-state index contributed by atoms with van der Waals surface area (Å²) in [6, 6.07) is 20.2. The van der Waals surface area contributed by atoms with Crippen LogP contribution >= 0.6 is 0 Å². The maximum atomic E-state index is 11.6. The van der Waals surface area contributed by atoms with E-state index in [1.807, 2.05) is 54.6 Å². The van der Waals surface area contributed by atoms with Crippen molar-refractivity contribution in [2.24, 2.45) is 0 Å². The normalized spacial score (nSPS) is 14.3. The second-order valence-corrected chi connectivity index (χ2v) is 7.48. The summed E-state index contributed by atoms with van der Waals surface area (Å²) in [5, 5.41) is 11.6. The summed E-state index contributed by atoms with van der Waals surface area (Å²) in [5.41, 5.74) is 7.78. The predicted octanol–water partition coefficient (Wildman–Crippen LogP) is 7.03. The van der Waals surface area contributed by atoms with Crippen LogP contribution in [0, 0.1) is 0 Å². The third-order valence-corrected chi connectivity index (χ3v) is 5.69. The zero-order valence-electron chi connectivity index (χ0n) is 16.8. The van der Waals surface area contributed by atoms with Crippen molar-refractivity contribution in [3.05, 3.63) is 108 Å². The van der Waals surface area contributed by atoms with E-state index in [-0.39, 0.29) is 5.75 Å². The van der Waals surface area contributed by atoms with Gasteiger partial charge in [0.15, 0.2) is 0 Å². The third-order valence-electron chi connectivity index (χ3n) is 5.69. The fourth-order valence-corrected chi connectivity index (χ4v) is 4.35. The van der Waals surface area contributed by atoms with Gasteiger partial charge in [0.2, 0.25) is 0 Å². The van der Waals surface area contributed by atoms with Gasteiger partial charge in [-0.25, -0.2) is 0 Å². The predicted molar refractivity (Wildman–Crippen MR) is 124 cm³/mol. The molecule has 30 heavy (non-hydrogen) atoms. The van der Waals surface area contributed by atoms with E-state index in [1.165, 1.54) is 5.57 Å². The molecule has 1 N–H and O–H groups in total. The number of hydrogen-bond donors (Lipinski definition) is 1. The molecule has 0 aliphatic heterocycles. The standard InChI is InChI=1S/C28H22O2/c1-30-28-24-22-15-9-8-10-19(18-22)16-17-23(24)27(29)25(20-11-4-2-5-12-20)26(28)21-13-6-3-7-14-21/h2-17,29H,18H2,1H3. The Bertz CT molecular complexity index is 1230. The first-order valence-corrected chi connectivity index (χ1v) is 10.1. The maximum Gasteiger partial charge on any atom is 0.135 e. The molecule has 2 nitrogen and oxygen atoms in total. The number of hydrogen-bond acceptors (Lipinski definition) is 2. The molecular weight excluding hydrogens is 368 g/mol. The number of fused-ring (bicyclic) bond motifs is 4. The minimum atomic E-state index is 0.281. The molecule has 2 aliphatic carbocycles. The van der Waals surface area contributed by atoms with E-state index in [0.29, 0.717) is 0 Å². The number of methoxy groups -OCH3 is 1. The molecule has 0 saturated heterocycles. The van der Waals surface area contributed by atoms with E-state index in [0.717, 1.165) is 51.1 Å². The number of allylic oxidation sites excluding steroid dienone is 7. The van der Waals surface area contributed by atoms with Gasteiger partial charge in [0.1, 0.15) is 11.5 Å². The number of ether oxygens (including phenoxy) is 1. The monoisotopic (exact) mass is 390 g/mol. The molecule has 0 spiro atoms. The van der Waals surface area contributed by atoms with Gasteiger partial charge in [-0.2, -0.15) is 0 Å². The lowest BCUT2D eigenvalue weighted by molar-refractivity contribution is 0.412. The molecule has 5 rings (SSSR count). The van der Waals surface area contributed by atoms with Crippen LogP contribution < -0.4 is 4.74 Å². The van der Waals surface area contributed by atoms with E-state index in [4.69, 9.17) is 4.74 Å². The van der Waals surface area contributed by atoms with Gasteiger partial charge < -0.3 is 9.84 Å². The summed E-state index contributed by atoms with van der Waals surface area (Å²) in [6.07, 6.45) is 13.2. The van der Waals surface area contributed by atoms with Gasteiger partial charge in [0.05, 0.1) is 7.11 Å². The zero-order chi connectivity index (χ0) is 20.5. The molecule has 3 aromatic carbocycles. The van der Waals surface area contributed by atoms with Crippen LogP contribution in [0.4, 0.5) is 0 Å². The van der Waals surface area contributed by atoms with Crippen molar-refractivity contribution in [1.29, 1.82) is 0 Å². The molecular formula is C28H22O2. The lowest BCUT2D eigenvalue weighted by Gasteiger charge is -2.23. The highest BCUT2D eigenvalue weighted by Crippen LogP contribution is 2.53. The number of aromatic hydroxyl groups is 1. The molecule has 2 heteroatoms. The summed E-state index contributed by atoms with van der Waals surface area (Å²) in [4.78, 5) is 0. The number of phenolic OH excluding ortho intramolecular Hbond substituents is 1. The molecule has 0 radical (unpaired) electrons. The number of benzene rings is 3. The molecule has 0 atom stereocenters. The Morgan fingerprint density at radius 2 is 1.37 bits per heavy atom. The van der Waals surface area contributed by atoms with Gasteiger partial charge in [0, 0.05) is 22.3 Å². The van der Waals surface area contributed by atoms with Gasteiger partial charge in [-0.15, -0.1) is 0 Å². The number of phenols is 1. The van der Waals surface area contributed by atoms with Crippen LogP contribution in [-0.4, -0.2) is 12.2 Å². The molecule has 0 saturated carbocycles. The van der Waals surface area contributed by atoms with Crippen LogP contribution in [0.5, 0.6) is 11.5 Å². The lowest BCUT2D eigenvalue weighted by atomic mass is 9.85. The lowest BCUT2D eigenvalue weighted by Crippen LogP contribution is -2.01. The summed E-state index contributed by atoms with van der Waals surface area (Å²) in [7, 11) is 1.71. The Hall–Kier alpha value is -3.78. The molecule has 146 valence electrons. The summed E-state index contributed by atoms with van der Waals surface area (Å²) < 4.78 is 6.07. The average Bonchev–Trinajstić information content (AvgIpc) is 3.14. The van der Waals surface area contributed by atoms with E-state index >= 15 is 0 Å². The molecule has 0 unspecified atom stereocenters. The second kappa shape index (κ2) is 7.57. The number of rotatable bonds is 3. The molecule has 2 aliphatic rings. The smallest absolute Gasteiger partial charge is 0.135 e. The first-order valence-electron chi connectivity index (χ1n) is 10.1. The Morgan fingerprint density at radius 1 is 0.733 bits per heavy atom. The molecule has 3 aromatic rings. The summed E-state index contributed by atoms with van der Waals surface area (Å²) >= 11 is 0. The van der Waals surface area contributed by atoms with Gasteiger partial charge in [-0.1, -0.05) is 97.1 Å². The fourth-order valence-electron chi connectivity index (χ4n) is 4.35. The van der Waals surface area contributed by atoms with Crippen molar-refractivity contribution in [3.8, 4) is 33.8 Å². The maximum absolute atomic E-state index is 11.6. The molecule has 0 aromatic heterocycles. The SMILES string of the molecule is COc1c2c(c(O)c(-c3ccccc3)c1-c1ccccc1)C=CC1=CC=CC=C2C1. The molecule has 2 bridgehead atoms. The Labute approximate surface area is 176 Å². The van der Waals surface area contributed by atoms with Crippen LogP contribution in [0.3, 0.4) is 0 Å². The van der Waals surface area contributed by atoms with Crippen molar-refractivity contribution in [2.75, 3.05) is 7.11 Å². The van der Waals surface area contributed by atoms with Crippen LogP contribution in [-0.2, 0) is 0 Å². The molecule has 0 amide bonds. The van der Waals surface area contributed by atoms with Crippen molar-refractivity contribution in [2.45, 2.75) is 6.42 Å². The largest absolute Gasteiger partial charge is 0.507 e. The molecule has 0 heterocycles. The second-order valence-electron chi connectivity index (χ2n) is 7.48. The average molecular weight is 390 g/mol. The Morgan fingerprint density at radius 3 is 2.03 bits per heavy atom. The topological polar surface area (TPSA) is 29.5 Å². The van der Waals surface area contributed by atoms with Gasteiger partial charge in [0.25, 0.3) is 0 Å². The van der Waals surface area contributed by atoms with Crippen molar-refractivity contribution in [3.63, 3.8) is 0 Å².